The van der Waals surface area contributed by atoms with E-state index >= 15 is 0 Å². The fourth-order valence-corrected chi connectivity index (χ4v) is 10.1. The van der Waals surface area contributed by atoms with Crippen molar-refractivity contribution in [2.75, 3.05) is 12.3 Å². The Hall–Kier alpha value is -0.700. The largest absolute Gasteiger partial charge is 0.393 e. The molecule has 0 aromatic carbocycles. The van der Waals surface area contributed by atoms with Gasteiger partial charge in [-0.15, -0.1) is 0 Å². The molecule has 0 radical (unpaired) electrons. The van der Waals surface area contributed by atoms with Gasteiger partial charge >= 0.3 is 0 Å². The lowest BCUT2D eigenvalue weighted by molar-refractivity contribution is -0.174. The second kappa shape index (κ2) is 11.1. The number of carbonyl (C=O) groups is 1. The molecular weight excluding hydrogens is 490 g/mol. The summed E-state index contributed by atoms with van der Waals surface area (Å²) in [5, 5.41) is 24.3. The average molecular weight is 542 g/mol. The third kappa shape index (κ3) is 5.92. The first-order valence-electron chi connectivity index (χ1n) is 14.8. The molecule has 4 fully saturated rings. The van der Waals surface area contributed by atoms with E-state index in [0.717, 1.165) is 44.9 Å². The molecule has 37 heavy (non-hydrogen) atoms. The Bertz CT molecular complexity index is 925. The molecule has 4 rings (SSSR count). The van der Waals surface area contributed by atoms with Gasteiger partial charge in [0.2, 0.25) is 5.91 Å². The summed E-state index contributed by atoms with van der Waals surface area (Å²) in [7, 11) is -4.06. The molecule has 0 saturated heterocycles. The van der Waals surface area contributed by atoms with Crippen molar-refractivity contribution < 1.29 is 28.0 Å². The van der Waals surface area contributed by atoms with Gasteiger partial charge in [-0.05, 0) is 104 Å². The molecule has 0 aromatic rings. The van der Waals surface area contributed by atoms with Crippen molar-refractivity contribution in [2.24, 2.45) is 52.3 Å². The first kappa shape index (κ1) is 29.3. The van der Waals surface area contributed by atoms with E-state index in [9.17, 15) is 23.4 Å². The summed E-state index contributed by atoms with van der Waals surface area (Å²) in [5.41, 5.74) is 0.518. The number of amides is 1. The van der Waals surface area contributed by atoms with Gasteiger partial charge in [0.15, 0.2) is 0 Å². The molecule has 1 amide bonds. The van der Waals surface area contributed by atoms with Crippen LogP contribution in [-0.4, -0.2) is 53.6 Å². The van der Waals surface area contributed by atoms with Crippen LogP contribution in [0.4, 0.5) is 0 Å². The molecular formula is C29H51NO6S. The van der Waals surface area contributed by atoms with Gasteiger partial charge in [0.05, 0.1) is 18.0 Å². The molecule has 8 heteroatoms. The Balaban J connectivity index is 1.32. The van der Waals surface area contributed by atoms with Gasteiger partial charge < -0.3 is 15.5 Å². The Morgan fingerprint density at radius 3 is 2.35 bits per heavy atom. The van der Waals surface area contributed by atoms with Crippen molar-refractivity contribution in [1.82, 2.24) is 5.32 Å². The summed E-state index contributed by atoms with van der Waals surface area (Å²) in [5.74, 6) is 2.39. The standard InChI is InChI=1S/C29H51NO6S/c1-18(6-5-7-19(2)27(33)30-14-15-37(34,35)36)22-8-9-23-26-24(11-13-29(22,23)4)28(3)12-10-21(31)16-20(28)17-25(26)32/h18-26,31-32H,5-17H2,1-4H3,(H,30,33)(H,34,35,36)/t18-,19-,20+,21-,22?,23?,24?,25?,26?,28+,29-/m1/s1. The highest BCUT2D eigenvalue weighted by molar-refractivity contribution is 7.85. The second-order valence-corrected chi connectivity index (χ2v) is 15.4. The van der Waals surface area contributed by atoms with Crippen molar-refractivity contribution >= 4 is 16.0 Å². The zero-order valence-electron chi connectivity index (χ0n) is 23.4. The fraction of sp³-hybridized carbons (Fsp3) is 0.966. The Kier molecular flexibility index (Phi) is 8.75. The topological polar surface area (TPSA) is 124 Å². The first-order chi connectivity index (χ1) is 17.3. The van der Waals surface area contributed by atoms with E-state index in [4.69, 9.17) is 4.55 Å². The van der Waals surface area contributed by atoms with Crippen molar-refractivity contribution in [3.05, 3.63) is 0 Å². The third-order valence-corrected chi connectivity index (χ3v) is 12.5. The number of rotatable bonds is 9. The van der Waals surface area contributed by atoms with E-state index in [2.05, 4.69) is 26.1 Å². The smallest absolute Gasteiger partial charge is 0.266 e. The SMILES string of the molecule is C[C@H](CCC[C@@H](C)C1CCC2C3C(O)C[C@@H]4C[C@H](O)CC[C@]4(C)C3CC[C@@]21C)C(=O)NCCS(=O)(=O)O. The predicted molar refractivity (Wildman–Crippen MR) is 144 cm³/mol. The van der Waals surface area contributed by atoms with E-state index in [1.54, 1.807) is 0 Å². The normalized spacial score (nSPS) is 43.3. The van der Waals surface area contributed by atoms with E-state index in [-0.39, 0.29) is 41.4 Å². The van der Waals surface area contributed by atoms with Crippen LogP contribution in [0.5, 0.6) is 0 Å². The number of hydrogen-bond donors (Lipinski definition) is 4. The lowest BCUT2D eigenvalue weighted by atomic mass is 9.43. The van der Waals surface area contributed by atoms with Gasteiger partial charge in [-0.2, -0.15) is 8.42 Å². The van der Waals surface area contributed by atoms with Gasteiger partial charge in [0.25, 0.3) is 10.1 Å². The Morgan fingerprint density at radius 1 is 0.973 bits per heavy atom. The number of aliphatic hydroxyl groups is 2. The molecule has 0 heterocycles. The van der Waals surface area contributed by atoms with Crippen LogP contribution in [-0.2, 0) is 14.9 Å². The number of nitrogens with one attached hydrogen (secondary N) is 1. The van der Waals surface area contributed by atoms with Crippen molar-refractivity contribution in [3.8, 4) is 0 Å². The minimum absolute atomic E-state index is 0.0609. The van der Waals surface area contributed by atoms with Crippen LogP contribution in [0.2, 0.25) is 0 Å². The Morgan fingerprint density at radius 2 is 1.65 bits per heavy atom. The van der Waals surface area contributed by atoms with E-state index < -0.39 is 15.9 Å². The van der Waals surface area contributed by atoms with Crippen molar-refractivity contribution in [1.29, 1.82) is 0 Å². The molecule has 4 saturated carbocycles. The zero-order chi connectivity index (χ0) is 27.2. The molecule has 5 unspecified atom stereocenters. The minimum atomic E-state index is -4.06. The van der Waals surface area contributed by atoms with E-state index in [0.29, 0.717) is 35.5 Å². The average Bonchev–Trinajstić information content (AvgIpc) is 3.16. The lowest BCUT2D eigenvalue weighted by Crippen LogP contribution is -2.58. The maximum atomic E-state index is 12.3. The van der Waals surface area contributed by atoms with Gasteiger partial charge in [-0.1, -0.05) is 40.5 Å². The molecule has 0 aliphatic heterocycles. The van der Waals surface area contributed by atoms with Crippen molar-refractivity contribution in [3.63, 3.8) is 0 Å². The Labute approximate surface area is 224 Å². The predicted octanol–water partition coefficient (Wildman–Crippen LogP) is 4.42. The molecule has 7 nitrogen and oxygen atoms in total. The molecule has 0 spiro atoms. The van der Waals surface area contributed by atoms with Gasteiger partial charge in [0, 0.05) is 12.5 Å². The zero-order valence-corrected chi connectivity index (χ0v) is 24.2. The highest BCUT2D eigenvalue weighted by Gasteiger charge is 2.62. The second-order valence-electron chi connectivity index (χ2n) is 13.8. The summed E-state index contributed by atoms with van der Waals surface area (Å²) in [6.45, 7) is 9.15. The van der Waals surface area contributed by atoms with Crippen LogP contribution in [0.15, 0.2) is 0 Å². The first-order valence-corrected chi connectivity index (χ1v) is 16.5. The molecule has 0 bridgehead atoms. The highest BCUT2D eigenvalue weighted by atomic mass is 32.2. The van der Waals surface area contributed by atoms with Gasteiger partial charge in [0.1, 0.15) is 0 Å². The minimum Gasteiger partial charge on any atom is -0.393 e. The molecule has 4 aliphatic rings. The quantitative estimate of drug-likeness (QED) is 0.320. The van der Waals surface area contributed by atoms with E-state index in [1.165, 1.54) is 25.7 Å². The lowest BCUT2D eigenvalue weighted by Gasteiger charge is -2.62. The summed E-state index contributed by atoms with van der Waals surface area (Å²) in [6.07, 6.45) is 10.9. The van der Waals surface area contributed by atoms with Crippen molar-refractivity contribution in [2.45, 2.75) is 111 Å². The number of carbonyl (C=O) groups excluding carboxylic acids is 1. The molecule has 4 N–H and O–H groups in total. The summed E-state index contributed by atoms with van der Waals surface area (Å²) < 4.78 is 30.5. The summed E-state index contributed by atoms with van der Waals surface area (Å²) in [4.78, 5) is 12.3. The molecule has 11 atom stereocenters. The molecule has 4 aliphatic carbocycles. The summed E-state index contributed by atoms with van der Waals surface area (Å²) in [6, 6.07) is 0. The fourth-order valence-electron chi connectivity index (χ4n) is 9.73. The van der Waals surface area contributed by atoms with Crippen LogP contribution in [0.25, 0.3) is 0 Å². The van der Waals surface area contributed by atoms with Crippen LogP contribution >= 0.6 is 0 Å². The number of hydrogen-bond acceptors (Lipinski definition) is 5. The van der Waals surface area contributed by atoms with E-state index in [1.807, 2.05) is 6.92 Å². The highest BCUT2D eigenvalue weighted by Crippen LogP contribution is 2.68. The van der Waals surface area contributed by atoms with Gasteiger partial charge in [-0.25, -0.2) is 0 Å². The third-order valence-electron chi connectivity index (χ3n) is 11.8. The van der Waals surface area contributed by atoms with Crippen LogP contribution in [0, 0.1) is 52.3 Å². The van der Waals surface area contributed by atoms with Crippen LogP contribution in [0.3, 0.4) is 0 Å². The maximum Gasteiger partial charge on any atom is 0.266 e. The maximum absolute atomic E-state index is 12.3. The number of fused-ring (bicyclic) bond motifs is 5. The number of aliphatic hydroxyl groups excluding tert-OH is 2. The molecule has 0 aromatic heterocycles. The van der Waals surface area contributed by atoms with Crippen LogP contribution in [0.1, 0.15) is 98.3 Å². The summed E-state index contributed by atoms with van der Waals surface area (Å²) >= 11 is 0. The monoisotopic (exact) mass is 541 g/mol. The molecule has 214 valence electrons. The van der Waals surface area contributed by atoms with Crippen LogP contribution < -0.4 is 5.32 Å². The van der Waals surface area contributed by atoms with Gasteiger partial charge in [-0.3, -0.25) is 9.35 Å².